The summed E-state index contributed by atoms with van der Waals surface area (Å²) in [6.45, 7) is 6.84. The third kappa shape index (κ3) is 5.19. The highest BCUT2D eigenvalue weighted by Crippen LogP contribution is 2.32. The molecule has 0 saturated heterocycles. The van der Waals surface area contributed by atoms with Crippen LogP contribution < -0.4 is 5.32 Å². The fraction of sp³-hybridized carbons (Fsp3) is 0.727. The number of halogens is 3. The van der Waals surface area contributed by atoms with Crippen LogP contribution >= 0.6 is 0 Å². The Labute approximate surface area is 93.9 Å². The van der Waals surface area contributed by atoms with E-state index in [9.17, 15) is 18.0 Å². The maximum Gasteiger partial charge on any atom is 0.391 e. The molecule has 0 rings (SSSR count). The minimum atomic E-state index is -4.16. The van der Waals surface area contributed by atoms with Gasteiger partial charge >= 0.3 is 6.18 Å². The maximum atomic E-state index is 12.4. The fourth-order valence-electron chi connectivity index (χ4n) is 1.52. The van der Waals surface area contributed by atoms with Gasteiger partial charge in [-0.3, -0.25) is 4.79 Å². The highest BCUT2D eigenvalue weighted by molar-refractivity contribution is 5.47. The van der Waals surface area contributed by atoms with Gasteiger partial charge in [-0.1, -0.05) is 19.1 Å². The molecule has 0 spiro atoms. The Morgan fingerprint density at radius 1 is 1.44 bits per heavy atom. The Balaban J connectivity index is 4.27. The zero-order valence-electron chi connectivity index (χ0n) is 9.60. The molecular weight excluding hydrogens is 219 g/mol. The van der Waals surface area contributed by atoms with E-state index in [0.717, 1.165) is 0 Å². The Bertz CT molecular complexity index is 238. The van der Waals surface area contributed by atoms with Gasteiger partial charge in [-0.25, -0.2) is 0 Å². The lowest BCUT2D eigenvalue weighted by Gasteiger charge is -2.22. The monoisotopic (exact) mass is 237 g/mol. The Hall–Kier alpha value is -1.00. The van der Waals surface area contributed by atoms with Crippen molar-refractivity contribution in [3.63, 3.8) is 0 Å². The number of nitrogens with one attached hydrogen (secondary N) is 1. The summed E-state index contributed by atoms with van der Waals surface area (Å²) in [6.07, 6.45) is -3.32. The molecule has 0 aliphatic carbocycles. The van der Waals surface area contributed by atoms with Crippen molar-refractivity contribution in [2.45, 2.75) is 45.3 Å². The van der Waals surface area contributed by atoms with Gasteiger partial charge in [0.2, 0.25) is 6.41 Å². The summed E-state index contributed by atoms with van der Waals surface area (Å²) in [5.41, 5.74) is 0.670. The zero-order valence-corrected chi connectivity index (χ0v) is 9.60. The molecular formula is C11H18F3NO. The van der Waals surface area contributed by atoms with Crippen LogP contribution in [0.1, 0.15) is 33.1 Å². The van der Waals surface area contributed by atoms with E-state index < -0.39 is 12.1 Å². The third-order valence-electron chi connectivity index (χ3n) is 2.62. The Morgan fingerprint density at radius 2 is 2.00 bits per heavy atom. The minimum absolute atomic E-state index is 0.0123. The number of amides is 1. The molecule has 2 nitrogen and oxygen atoms in total. The van der Waals surface area contributed by atoms with Crippen molar-refractivity contribution in [3.8, 4) is 0 Å². The van der Waals surface area contributed by atoms with Crippen molar-refractivity contribution in [3.05, 3.63) is 12.2 Å². The number of hydrogen-bond acceptors (Lipinski definition) is 1. The first-order chi connectivity index (χ1) is 7.32. The zero-order chi connectivity index (χ0) is 12.8. The highest BCUT2D eigenvalue weighted by Gasteiger charge is 2.37. The second-order valence-electron chi connectivity index (χ2n) is 3.91. The lowest BCUT2D eigenvalue weighted by Crippen LogP contribution is -2.31. The molecule has 0 heterocycles. The number of hydrogen-bond donors (Lipinski definition) is 1. The van der Waals surface area contributed by atoms with E-state index in [1.807, 2.05) is 0 Å². The highest BCUT2D eigenvalue weighted by atomic mass is 19.4. The quantitative estimate of drug-likeness (QED) is 0.535. The summed E-state index contributed by atoms with van der Waals surface area (Å²) < 4.78 is 37.3. The van der Waals surface area contributed by atoms with Gasteiger partial charge in [0.1, 0.15) is 0 Å². The van der Waals surface area contributed by atoms with Gasteiger partial charge in [0.05, 0.1) is 5.92 Å². The van der Waals surface area contributed by atoms with Crippen molar-refractivity contribution in [1.82, 2.24) is 5.32 Å². The molecule has 0 aromatic carbocycles. The maximum absolute atomic E-state index is 12.4. The lowest BCUT2D eigenvalue weighted by molar-refractivity contribution is -0.177. The summed E-state index contributed by atoms with van der Waals surface area (Å²) >= 11 is 0. The topological polar surface area (TPSA) is 29.1 Å². The molecule has 0 aromatic heterocycles. The van der Waals surface area contributed by atoms with Crippen molar-refractivity contribution in [1.29, 1.82) is 0 Å². The van der Waals surface area contributed by atoms with Gasteiger partial charge < -0.3 is 5.32 Å². The molecule has 94 valence electrons. The molecule has 0 aliphatic heterocycles. The van der Waals surface area contributed by atoms with Crippen molar-refractivity contribution < 1.29 is 18.0 Å². The van der Waals surface area contributed by atoms with Crippen LogP contribution in [0.5, 0.6) is 0 Å². The third-order valence-corrected chi connectivity index (χ3v) is 2.62. The smallest absolute Gasteiger partial charge is 0.352 e. The summed E-state index contributed by atoms with van der Waals surface area (Å²) in [7, 11) is 0. The van der Waals surface area contributed by atoms with Gasteiger partial charge in [0.25, 0.3) is 0 Å². The molecule has 0 bridgehead atoms. The second kappa shape index (κ2) is 6.55. The lowest BCUT2D eigenvalue weighted by atomic mass is 9.94. The predicted molar refractivity (Wildman–Crippen MR) is 56.9 cm³/mol. The van der Waals surface area contributed by atoms with Crippen LogP contribution in [0.4, 0.5) is 13.2 Å². The molecule has 16 heavy (non-hydrogen) atoms. The Morgan fingerprint density at radius 3 is 2.31 bits per heavy atom. The molecule has 1 amide bonds. The molecule has 1 N–H and O–H groups in total. The van der Waals surface area contributed by atoms with Crippen LogP contribution in [0.3, 0.4) is 0 Å². The number of alkyl halides is 3. The van der Waals surface area contributed by atoms with E-state index in [4.69, 9.17) is 0 Å². The number of carbonyl (C=O) groups excluding carboxylic acids is 1. The van der Waals surface area contributed by atoms with Gasteiger partial charge in [0.15, 0.2) is 0 Å². The minimum Gasteiger partial charge on any atom is -0.352 e. The van der Waals surface area contributed by atoms with Crippen LogP contribution in [0.25, 0.3) is 0 Å². The average molecular weight is 237 g/mol. The molecule has 5 heteroatoms. The van der Waals surface area contributed by atoms with Crippen molar-refractivity contribution in [2.75, 3.05) is 0 Å². The first kappa shape index (κ1) is 15.0. The summed E-state index contributed by atoms with van der Waals surface area (Å²) in [5.74, 6) is -1.30. The summed E-state index contributed by atoms with van der Waals surface area (Å²) in [4.78, 5) is 10.3. The standard InChI is InChI=1S/C11H18F3NO/c1-4-9(11(12,13)14)5-6-10(8(2)3)15-7-16/h7,9-10H,2,4-6H2,1,3H3,(H,15,16). The first-order valence-electron chi connectivity index (χ1n) is 5.24. The van der Waals surface area contributed by atoms with E-state index in [-0.39, 0.29) is 25.3 Å². The summed E-state index contributed by atoms with van der Waals surface area (Å²) in [5, 5.41) is 2.47. The molecule has 2 atom stereocenters. The Kier molecular flexibility index (Phi) is 6.14. The predicted octanol–water partition coefficient (Wildman–Crippen LogP) is 3.05. The number of rotatable bonds is 7. The van der Waals surface area contributed by atoms with Crippen LogP contribution in [0.15, 0.2) is 12.2 Å². The van der Waals surface area contributed by atoms with Crippen LogP contribution in [0.2, 0.25) is 0 Å². The molecule has 0 aliphatic rings. The second-order valence-corrected chi connectivity index (χ2v) is 3.91. The van der Waals surface area contributed by atoms with Crippen LogP contribution in [0, 0.1) is 5.92 Å². The summed E-state index contributed by atoms with van der Waals surface area (Å²) in [6, 6.07) is -0.367. The number of carbonyl (C=O) groups is 1. The van der Waals surface area contributed by atoms with E-state index in [2.05, 4.69) is 11.9 Å². The largest absolute Gasteiger partial charge is 0.391 e. The SMILES string of the molecule is C=C(C)C(CCC(CC)C(F)(F)F)NC=O. The fourth-order valence-corrected chi connectivity index (χ4v) is 1.52. The van der Waals surface area contributed by atoms with Crippen LogP contribution in [-0.4, -0.2) is 18.6 Å². The van der Waals surface area contributed by atoms with Gasteiger partial charge in [-0.15, -0.1) is 0 Å². The van der Waals surface area contributed by atoms with Crippen molar-refractivity contribution in [2.24, 2.45) is 5.92 Å². The van der Waals surface area contributed by atoms with E-state index in [0.29, 0.717) is 12.0 Å². The molecule has 0 fully saturated rings. The molecule has 0 aromatic rings. The molecule has 0 saturated carbocycles. The van der Waals surface area contributed by atoms with Gasteiger partial charge in [0, 0.05) is 6.04 Å². The van der Waals surface area contributed by atoms with E-state index in [1.54, 1.807) is 6.92 Å². The van der Waals surface area contributed by atoms with Crippen LogP contribution in [-0.2, 0) is 4.79 Å². The molecule has 0 radical (unpaired) electrons. The van der Waals surface area contributed by atoms with E-state index in [1.165, 1.54) is 6.92 Å². The average Bonchev–Trinajstić information content (AvgIpc) is 2.14. The van der Waals surface area contributed by atoms with Gasteiger partial charge in [-0.05, 0) is 26.2 Å². The van der Waals surface area contributed by atoms with Crippen molar-refractivity contribution >= 4 is 6.41 Å². The van der Waals surface area contributed by atoms with Gasteiger partial charge in [-0.2, -0.15) is 13.2 Å². The molecule has 2 unspecified atom stereocenters. The first-order valence-corrected chi connectivity index (χ1v) is 5.24. The van der Waals surface area contributed by atoms with E-state index >= 15 is 0 Å². The normalized spacial score (nSPS) is 15.3.